The minimum Gasteiger partial charge on any atom is -0.300 e. The van der Waals surface area contributed by atoms with Crippen LogP contribution in [0.5, 0.6) is 0 Å². The molecule has 0 amide bonds. The highest BCUT2D eigenvalue weighted by atomic mass is 35.5. The summed E-state index contributed by atoms with van der Waals surface area (Å²) >= 11 is 6.41. The summed E-state index contributed by atoms with van der Waals surface area (Å²) in [7, 11) is 0. The highest BCUT2D eigenvalue weighted by Crippen LogP contribution is 2.41. The van der Waals surface area contributed by atoms with Crippen LogP contribution in [0.15, 0.2) is 66.3 Å². The number of hydrogen-bond acceptors (Lipinski definition) is 2. The average Bonchev–Trinajstić information content (AvgIpc) is 2.60. The predicted octanol–water partition coefficient (Wildman–Crippen LogP) is 4.89. The molecule has 132 valence electrons. The van der Waals surface area contributed by atoms with E-state index < -0.39 is 5.41 Å². The third-order valence-corrected chi connectivity index (χ3v) is 5.01. The van der Waals surface area contributed by atoms with Crippen molar-refractivity contribution < 1.29 is 4.39 Å². The predicted molar refractivity (Wildman–Crippen MR) is 103 cm³/mol. The molecule has 5 heteroatoms. The summed E-state index contributed by atoms with van der Waals surface area (Å²) in [6.45, 7) is 8.22. The highest BCUT2D eigenvalue weighted by molar-refractivity contribution is 6.31. The summed E-state index contributed by atoms with van der Waals surface area (Å²) in [6, 6.07) is 14.3. The summed E-state index contributed by atoms with van der Waals surface area (Å²) in [5, 5.41) is 2.21. The molecule has 2 atom stereocenters. The van der Waals surface area contributed by atoms with Crippen molar-refractivity contribution in [1.29, 1.82) is 0 Å². The molecule has 0 aromatic heterocycles. The van der Waals surface area contributed by atoms with Crippen LogP contribution in [0, 0.1) is 5.82 Å². The molecule has 2 aromatic rings. The molecule has 2 N–H and O–H groups in total. The van der Waals surface area contributed by atoms with Crippen molar-refractivity contribution in [2.75, 3.05) is 6.54 Å². The van der Waals surface area contributed by atoms with E-state index in [9.17, 15) is 4.39 Å². The van der Waals surface area contributed by atoms with Crippen molar-refractivity contribution in [3.63, 3.8) is 0 Å². The maximum absolute atomic E-state index is 13.4. The largest absolute Gasteiger partial charge is 0.300 e. The van der Waals surface area contributed by atoms with Gasteiger partial charge in [-0.3, -0.25) is 0 Å². The van der Waals surface area contributed by atoms with Crippen molar-refractivity contribution >= 4 is 17.9 Å². The molecular weight excluding hydrogens is 337 g/mol. The fourth-order valence-electron chi connectivity index (χ4n) is 3.03. The Labute approximate surface area is 153 Å². The monoisotopic (exact) mass is 359 g/mol. The van der Waals surface area contributed by atoms with E-state index in [1.165, 1.54) is 29.7 Å². The number of nitrogens with two attached hydrogens (primary N) is 1. The standard InChI is InChI=1S/C20H23ClFN3/c1-4-24-14-25(23)13-20(3,16-9-11-17(22)12-10-16)15(2)18-7-5-6-8-19(18)21/h4-12,14-15H,1,13,23H2,2-3H3/b24-14-. The van der Waals surface area contributed by atoms with Gasteiger partial charge in [-0.15, -0.1) is 0 Å². The van der Waals surface area contributed by atoms with Crippen LogP contribution in [0.1, 0.15) is 30.9 Å². The summed E-state index contributed by atoms with van der Waals surface area (Å²) in [4.78, 5) is 3.97. The fourth-order valence-corrected chi connectivity index (χ4v) is 3.33. The van der Waals surface area contributed by atoms with E-state index >= 15 is 0 Å². The molecule has 2 unspecified atom stereocenters. The van der Waals surface area contributed by atoms with Gasteiger partial charge in [-0.25, -0.2) is 15.2 Å². The van der Waals surface area contributed by atoms with Crippen LogP contribution >= 0.6 is 11.6 Å². The first kappa shape index (κ1) is 19.2. The molecule has 25 heavy (non-hydrogen) atoms. The Bertz CT molecular complexity index is 745. The summed E-state index contributed by atoms with van der Waals surface area (Å²) in [6.07, 6.45) is 2.95. The van der Waals surface area contributed by atoms with Crippen LogP contribution in [-0.4, -0.2) is 17.9 Å². The number of hydrazine groups is 1. The third kappa shape index (κ3) is 4.47. The van der Waals surface area contributed by atoms with Crippen molar-refractivity contribution in [3.05, 3.63) is 83.3 Å². The molecule has 0 saturated carbocycles. The van der Waals surface area contributed by atoms with Gasteiger partial charge in [0, 0.05) is 23.2 Å². The molecule has 0 aliphatic rings. The summed E-state index contributed by atoms with van der Waals surface area (Å²) in [5.41, 5.74) is 1.58. The van der Waals surface area contributed by atoms with E-state index in [0.29, 0.717) is 11.6 Å². The number of nitrogens with zero attached hydrogens (tertiary/aromatic N) is 2. The number of benzene rings is 2. The molecule has 0 aliphatic carbocycles. The van der Waals surface area contributed by atoms with Gasteiger partial charge in [0.05, 0.1) is 0 Å². The van der Waals surface area contributed by atoms with Crippen LogP contribution in [0.4, 0.5) is 4.39 Å². The van der Waals surface area contributed by atoms with E-state index in [2.05, 4.69) is 25.4 Å². The number of aliphatic imine (C=N–C) groups is 1. The van der Waals surface area contributed by atoms with Gasteiger partial charge in [0.15, 0.2) is 0 Å². The van der Waals surface area contributed by atoms with Crippen LogP contribution in [-0.2, 0) is 5.41 Å². The van der Waals surface area contributed by atoms with Crippen molar-refractivity contribution in [2.24, 2.45) is 10.8 Å². The normalized spacial score (nSPS) is 14.9. The van der Waals surface area contributed by atoms with E-state index in [4.69, 9.17) is 17.4 Å². The van der Waals surface area contributed by atoms with Crippen LogP contribution in [0.3, 0.4) is 0 Å². The van der Waals surface area contributed by atoms with Gasteiger partial charge in [-0.2, -0.15) is 0 Å². The zero-order chi connectivity index (χ0) is 18.4. The SMILES string of the molecule is C=C/N=C\N(N)CC(C)(c1ccc(F)cc1)C(C)c1ccccc1Cl. The van der Waals surface area contributed by atoms with E-state index in [1.54, 1.807) is 12.1 Å². The molecule has 0 spiro atoms. The maximum atomic E-state index is 13.4. The molecule has 0 fully saturated rings. The van der Waals surface area contributed by atoms with Gasteiger partial charge in [0.2, 0.25) is 0 Å². The zero-order valence-corrected chi connectivity index (χ0v) is 15.2. The Morgan fingerprint density at radius 1 is 1.28 bits per heavy atom. The van der Waals surface area contributed by atoms with Crippen molar-refractivity contribution in [3.8, 4) is 0 Å². The Kier molecular flexibility index (Phi) is 6.34. The first-order valence-corrected chi connectivity index (χ1v) is 8.42. The molecular formula is C20H23ClFN3. The number of halogens is 2. The molecule has 2 rings (SSSR count). The Hall–Kier alpha value is -2.17. The lowest BCUT2D eigenvalue weighted by atomic mass is 9.69. The second-order valence-corrected chi connectivity index (χ2v) is 6.69. The van der Waals surface area contributed by atoms with Gasteiger partial charge in [0.1, 0.15) is 12.2 Å². The topological polar surface area (TPSA) is 41.6 Å². The fraction of sp³-hybridized carbons (Fsp3) is 0.250. The van der Waals surface area contributed by atoms with Gasteiger partial charge in [-0.05, 0) is 35.2 Å². The molecule has 2 aromatic carbocycles. The van der Waals surface area contributed by atoms with Crippen LogP contribution in [0.2, 0.25) is 5.02 Å². The molecule has 0 heterocycles. The smallest absolute Gasteiger partial charge is 0.123 e. The summed E-state index contributed by atoms with van der Waals surface area (Å²) in [5.74, 6) is 5.86. The van der Waals surface area contributed by atoms with E-state index in [-0.39, 0.29) is 11.7 Å². The van der Waals surface area contributed by atoms with Crippen molar-refractivity contribution in [2.45, 2.75) is 25.2 Å². The third-order valence-electron chi connectivity index (χ3n) is 4.66. The Morgan fingerprint density at radius 2 is 1.92 bits per heavy atom. The molecule has 0 bridgehead atoms. The average molecular weight is 360 g/mol. The van der Waals surface area contributed by atoms with Gasteiger partial charge in [-0.1, -0.05) is 62.4 Å². The van der Waals surface area contributed by atoms with Gasteiger partial charge in [0.25, 0.3) is 0 Å². The first-order valence-electron chi connectivity index (χ1n) is 8.04. The highest BCUT2D eigenvalue weighted by Gasteiger charge is 2.36. The first-order chi connectivity index (χ1) is 11.9. The van der Waals surface area contributed by atoms with E-state index in [0.717, 1.165) is 11.1 Å². The summed E-state index contributed by atoms with van der Waals surface area (Å²) < 4.78 is 13.4. The van der Waals surface area contributed by atoms with Crippen LogP contribution < -0.4 is 5.84 Å². The molecule has 0 aliphatic heterocycles. The second kappa shape index (κ2) is 8.28. The molecule has 3 nitrogen and oxygen atoms in total. The van der Waals surface area contributed by atoms with Crippen LogP contribution in [0.25, 0.3) is 0 Å². The van der Waals surface area contributed by atoms with Gasteiger partial charge < -0.3 is 5.01 Å². The second-order valence-electron chi connectivity index (χ2n) is 6.29. The number of hydrogen-bond donors (Lipinski definition) is 1. The van der Waals surface area contributed by atoms with Gasteiger partial charge >= 0.3 is 0 Å². The molecule has 0 saturated heterocycles. The lowest BCUT2D eigenvalue weighted by molar-refractivity contribution is 0.287. The van der Waals surface area contributed by atoms with E-state index in [1.807, 2.05) is 24.3 Å². The number of rotatable bonds is 7. The minimum atomic E-state index is -0.416. The Morgan fingerprint density at radius 3 is 2.52 bits per heavy atom. The zero-order valence-electron chi connectivity index (χ0n) is 14.5. The minimum absolute atomic E-state index is 0.0369. The molecule has 0 radical (unpaired) electrons. The van der Waals surface area contributed by atoms with Crippen molar-refractivity contribution in [1.82, 2.24) is 5.01 Å². The quantitative estimate of drug-likeness (QED) is 0.331. The Balaban J connectivity index is 2.47. The lowest BCUT2D eigenvalue weighted by Gasteiger charge is -2.39. The maximum Gasteiger partial charge on any atom is 0.123 e. The lowest BCUT2D eigenvalue weighted by Crippen LogP contribution is -2.45.